The molecule has 1 heterocycles. The summed E-state index contributed by atoms with van der Waals surface area (Å²) in [6.45, 7) is 2.23. The Balaban J connectivity index is 1.63. The Morgan fingerprint density at radius 2 is 1.86 bits per heavy atom. The molecule has 0 fully saturated rings. The number of furan rings is 1. The maximum atomic E-state index is 11.9. The molecule has 5 nitrogen and oxygen atoms in total. The molecule has 0 bridgehead atoms. The van der Waals surface area contributed by atoms with Crippen LogP contribution in [0.15, 0.2) is 58.0 Å². The predicted octanol–water partition coefficient (Wildman–Crippen LogP) is 5.79. The SMILES string of the molecule is Cc1ccc(C(=O)N/N=C\c2cc(I)c(OCc3ccc(Cl)cc3)c(I)c2)o1. The quantitative estimate of drug-likeness (QED) is 0.216. The van der Waals surface area contributed by atoms with Crippen LogP contribution >= 0.6 is 56.8 Å². The molecule has 1 amide bonds. The van der Waals surface area contributed by atoms with Gasteiger partial charge in [-0.2, -0.15) is 5.10 Å². The standard InChI is InChI=1S/C20H15ClI2N2O3/c1-12-2-7-18(28-12)20(26)25-24-10-14-8-16(22)19(17(23)9-14)27-11-13-3-5-15(21)6-4-13/h2-10H,11H2,1H3,(H,25,26)/b24-10-. The number of hydrogen-bond acceptors (Lipinski definition) is 4. The summed E-state index contributed by atoms with van der Waals surface area (Å²) in [5.41, 5.74) is 4.35. The van der Waals surface area contributed by atoms with Gasteiger partial charge < -0.3 is 9.15 Å². The van der Waals surface area contributed by atoms with Gasteiger partial charge in [0, 0.05) is 5.02 Å². The van der Waals surface area contributed by atoms with Gasteiger partial charge in [0.2, 0.25) is 0 Å². The fraction of sp³-hybridized carbons (Fsp3) is 0.100. The number of carbonyl (C=O) groups excluding carboxylic acids is 1. The minimum Gasteiger partial charge on any atom is -0.487 e. The molecule has 0 aliphatic heterocycles. The first-order chi connectivity index (χ1) is 13.4. The summed E-state index contributed by atoms with van der Waals surface area (Å²) >= 11 is 10.4. The van der Waals surface area contributed by atoms with Gasteiger partial charge in [-0.15, -0.1) is 0 Å². The van der Waals surface area contributed by atoms with E-state index in [0.717, 1.165) is 24.0 Å². The molecule has 1 aromatic heterocycles. The van der Waals surface area contributed by atoms with Crippen LogP contribution in [0.2, 0.25) is 5.02 Å². The third kappa shape index (κ3) is 5.71. The molecule has 0 saturated heterocycles. The van der Waals surface area contributed by atoms with E-state index in [1.54, 1.807) is 25.3 Å². The summed E-state index contributed by atoms with van der Waals surface area (Å²) in [5, 5.41) is 4.70. The minimum atomic E-state index is -0.392. The van der Waals surface area contributed by atoms with E-state index in [-0.39, 0.29) is 5.76 Å². The van der Waals surface area contributed by atoms with Crippen LogP contribution in [0.25, 0.3) is 0 Å². The van der Waals surface area contributed by atoms with Crippen LogP contribution in [0.4, 0.5) is 0 Å². The number of nitrogens with one attached hydrogen (secondary N) is 1. The maximum absolute atomic E-state index is 11.9. The van der Waals surface area contributed by atoms with Crippen molar-refractivity contribution in [1.82, 2.24) is 5.43 Å². The van der Waals surface area contributed by atoms with Crippen LogP contribution in [0.3, 0.4) is 0 Å². The zero-order valence-corrected chi connectivity index (χ0v) is 19.8. The Hall–Kier alpha value is -1.59. The zero-order chi connectivity index (χ0) is 20.1. The molecular weight excluding hydrogens is 605 g/mol. The molecule has 0 aliphatic carbocycles. The van der Waals surface area contributed by atoms with E-state index in [9.17, 15) is 4.79 Å². The smallest absolute Gasteiger partial charge is 0.307 e. The van der Waals surface area contributed by atoms with Crippen LogP contribution in [0, 0.1) is 14.1 Å². The van der Waals surface area contributed by atoms with Gasteiger partial charge in [-0.3, -0.25) is 4.79 Å². The Kier molecular flexibility index (Phi) is 7.36. The van der Waals surface area contributed by atoms with E-state index < -0.39 is 5.91 Å². The second-order valence-corrected chi connectivity index (χ2v) is 8.60. The summed E-state index contributed by atoms with van der Waals surface area (Å²) in [6, 6.07) is 14.8. The lowest BCUT2D eigenvalue weighted by Gasteiger charge is -2.11. The van der Waals surface area contributed by atoms with Gasteiger partial charge in [-0.05, 0) is 99.6 Å². The number of halogens is 3. The van der Waals surface area contributed by atoms with Crippen LogP contribution < -0.4 is 10.2 Å². The van der Waals surface area contributed by atoms with Gasteiger partial charge >= 0.3 is 5.91 Å². The van der Waals surface area contributed by atoms with Crippen LogP contribution in [0.5, 0.6) is 5.75 Å². The number of hydrogen-bond donors (Lipinski definition) is 1. The van der Waals surface area contributed by atoms with Crippen molar-refractivity contribution < 1.29 is 13.9 Å². The van der Waals surface area contributed by atoms with Gasteiger partial charge in [-0.25, -0.2) is 5.43 Å². The first kappa shape index (κ1) is 21.1. The van der Waals surface area contributed by atoms with Crippen molar-refractivity contribution in [3.8, 4) is 5.75 Å². The van der Waals surface area contributed by atoms with Crippen molar-refractivity contribution in [1.29, 1.82) is 0 Å². The molecule has 0 spiro atoms. The topological polar surface area (TPSA) is 63.8 Å². The Morgan fingerprint density at radius 1 is 1.18 bits per heavy atom. The third-order valence-electron chi connectivity index (χ3n) is 3.66. The lowest BCUT2D eigenvalue weighted by molar-refractivity contribution is 0.0926. The molecule has 0 atom stereocenters. The number of aryl methyl sites for hydroxylation is 1. The summed E-state index contributed by atoms with van der Waals surface area (Å²) in [6.07, 6.45) is 1.58. The lowest BCUT2D eigenvalue weighted by atomic mass is 10.2. The third-order valence-corrected chi connectivity index (χ3v) is 5.52. The highest BCUT2D eigenvalue weighted by atomic mass is 127. The second-order valence-electron chi connectivity index (χ2n) is 5.84. The average Bonchev–Trinajstić information content (AvgIpc) is 3.09. The molecule has 28 heavy (non-hydrogen) atoms. The van der Waals surface area contributed by atoms with Crippen LogP contribution in [-0.4, -0.2) is 12.1 Å². The normalized spacial score (nSPS) is 11.0. The predicted molar refractivity (Wildman–Crippen MR) is 126 cm³/mol. The molecule has 0 aliphatic rings. The minimum absolute atomic E-state index is 0.227. The molecule has 1 N–H and O–H groups in total. The molecule has 8 heteroatoms. The van der Waals surface area contributed by atoms with Crippen molar-refractivity contribution in [2.75, 3.05) is 0 Å². The Labute approximate surface area is 194 Å². The van der Waals surface area contributed by atoms with Crippen molar-refractivity contribution in [3.05, 3.63) is 83.3 Å². The highest BCUT2D eigenvalue weighted by molar-refractivity contribution is 14.1. The number of benzene rings is 2. The zero-order valence-electron chi connectivity index (χ0n) is 14.7. The molecule has 0 unspecified atom stereocenters. The number of hydrazone groups is 1. The van der Waals surface area contributed by atoms with E-state index in [1.165, 1.54) is 0 Å². The van der Waals surface area contributed by atoms with Crippen molar-refractivity contribution in [2.45, 2.75) is 13.5 Å². The number of amides is 1. The molecule has 3 aromatic rings. The molecular formula is C20H15ClI2N2O3. The highest BCUT2D eigenvalue weighted by Gasteiger charge is 2.10. The van der Waals surface area contributed by atoms with E-state index in [2.05, 4.69) is 55.7 Å². The lowest BCUT2D eigenvalue weighted by Crippen LogP contribution is -2.16. The Morgan fingerprint density at radius 3 is 2.46 bits per heavy atom. The molecule has 0 saturated carbocycles. The highest BCUT2D eigenvalue weighted by Crippen LogP contribution is 2.29. The molecule has 0 radical (unpaired) electrons. The molecule has 144 valence electrons. The first-order valence-corrected chi connectivity index (χ1v) is 10.7. The van der Waals surface area contributed by atoms with Gasteiger partial charge in [0.15, 0.2) is 5.76 Å². The van der Waals surface area contributed by atoms with Crippen LogP contribution in [-0.2, 0) is 6.61 Å². The number of rotatable bonds is 6. The van der Waals surface area contributed by atoms with Crippen molar-refractivity contribution in [2.24, 2.45) is 5.10 Å². The fourth-order valence-electron chi connectivity index (χ4n) is 2.31. The average molecular weight is 621 g/mol. The first-order valence-electron chi connectivity index (χ1n) is 8.18. The van der Waals surface area contributed by atoms with Gasteiger partial charge in [-0.1, -0.05) is 23.7 Å². The van der Waals surface area contributed by atoms with Crippen LogP contribution in [0.1, 0.15) is 27.4 Å². The van der Waals surface area contributed by atoms with Crippen molar-refractivity contribution in [3.63, 3.8) is 0 Å². The Bertz CT molecular complexity index is 994. The van der Waals surface area contributed by atoms with Crippen molar-refractivity contribution >= 4 is 68.9 Å². The summed E-state index contributed by atoms with van der Waals surface area (Å²) < 4.78 is 13.1. The molecule has 3 rings (SSSR count). The summed E-state index contributed by atoms with van der Waals surface area (Å²) in [5.74, 6) is 1.32. The van der Waals surface area contributed by atoms with E-state index in [0.29, 0.717) is 17.4 Å². The van der Waals surface area contributed by atoms with Gasteiger partial charge in [0.05, 0.1) is 13.4 Å². The second kappa shape index (κ2) is 9.75. The number of nitrogens with zero attached hydrogens (tertiary/aromatic N) is 1. The van der Waals surface area contributed by atoms with Gasteiger partial charge in [0.25, 0.3) is 0 Å². The van der Waals surface area contributed by atoms with E-state index >= 15 is 0 Å². The van der Waals surface area contributed by atoms with E-state index in [4.69, 9.17) is 20.8 Å². The number of ether oxygens (including phenoxy) is 1. The summed E-state index contributed by atoms with van der Waals surface area (Å²) in [7, 11) is 0. The van der Waals surface area contributed by atoms with Gasteiger partial charge in [0.1, 0.15) is 18.1 Å². The monoisotopic (exact) mass is 620 g/mol. The summed E-state index contributed by atoms with van der Waals surface area (Å²) in [4.78, 5) is 11.9. The largest absolute Gasteiger partial charge is 0.487 e. The number of carbonyl (C=O) groups is 1. The van der Waals surface area contributed by atoms with E-state index in [1.807, 2.05) is 36.4 Å². The molecule has 2 aromatic carbocycles. The fourth-order valence-corrected chi connectivity index (χ4v) is 4.56. The maximum Gasteiger partial charge on any atom is 0.307 e.